The number of nitrogens with zero attached hydrogens (tertiary/aromatic N) is 1. The van der Waals surface area contributed by atoms with Gasteiger partial charge in [0.2, 0.25) is 17.7 Å². The number of hydrogen-bond acceptors (Lipinski definition) is 4. The highest BCUT2D eigenvalue weighted by Crippen LogP contribution is 2.35. The van der Waals surface area contributed by atoms with Crippen LogP contribution in [0.15, 0.2) is 0 Å². The third kappa shape index (κ3) is 2.31. The molecule has 1 saturated heterocycles. The third-order valence-corrected chi connectivity index (χ3v) is 3.63. The van der Waals surface area contributed by atoms with Crippen LogP contribution in [0.3, 0.4) is 0 Å². The molecule has 0 aromatic rings. The number of fused-ring (bicyclic) bond motifs is 2. The lowest BCUT2D eigenvalue weighted by atomic mass is 9.77. The number of rotatable bonds is 3. The van der Waals surface area contributed by atoms with E-state index in [4.69, 9.17) is 5.84 Å². The molecule has 6 nitrogen and oxygen atoms in total. The Morgan fingerprint density at radius 3 is 2.41 bits per heavy atom. The summed E-state index contributed by atoms with van der Waals surface area (Å²) in [7, 11) is 0. The van der Waals surface area contributed by atoms with Crippen LogP contribution in [0.2, 0.25) is 0 Å². The zero-order valence-electron chi connectivity index (χ0n) is 9.65. The molecule has 2 atom stereocenters. The monoisotopic (exact) mass is 239 g/mol. The lowest BCUT2D eigenvalue weighted by Gasteiger charge is -2.38. The van der Waals surface area contributed by atoms with Gasteiger partial charge in [0.15, 0.2) is 0 Å². The van der Waals surface area contributed by atoms with Crippen molar-refractivity contribution in [3.63, 3.8) is 0 Å². The number of carbonyl (C=O) groups is 3. The average molecular weight is 239 g/mol. The summed E-state index contributed by atoms with van der Waals surface area (Å²) < 4.78 is 0. The number of likely N-dealkylation sites (tertiary alicyclic amines) is 1. The Bertz CT molecular complexity index is 334. The topological polar surface area (TPSA) is 92.5 Å². The standard InChI is InChI=1S/C11H17N3O3/c12-13-9(15)4-5-14-10(16)7-2-1-3-8(6-7)11(14)17/h7-8H,1-6,12H2,(H,13,15). The lowest BCUT2D eigenvalue weighted by Crippen LogP contribution is -2.52. The maximum Gasteiger partial charge on any atom is 0.235 e. The first-order valence-corrected chi connectivity index (χ1v) is 5.98. The molecule has 2 bridgehead atoms. The molecule has 1 heterocycles. The summed E-state index contributed by atoms with van der Waals surface area (Å²) in [5, 5.41) is 0. The minimum Gasteiger partial charge on any atom is -0.294 e. The van der Waals surface area contributed by atoms with Gasteiger partial charge in [0.25, 0.3) is 0 Å². The third-order valence-electron chi connectivity index (χ3n) is 3.63. The van der Waals surface area contributed by atoms with E-state index in [1.165, 1.54) is 4.90 Å². The van der Waals surface area contributed by atoms with Gasteiger partial charge in [0.1, 0.15) is 0 Å². The Balaban J connectivity index is 2.02. The van der Waals surface area contributed by atoms with E-state index in [0.717, 1.165) is 19.3 Å². The second kappa shape index (κ2) is 4.83. The molecule has 94 valence electrons. The lowest BCUT2D eigenvalue weighted by molar-refractivity contribution is -0.158. The van der Waals surface area contributed by atoms with E-state index in [1.807, 2.05) is 5.43 Å². The molecule has 2 fully saturated rings. The highest BCUT2D eigenvalue weighted by molar-refractivity contribution is 6.00. The molecule has 3 N–H and O–H groups in total. The van der Waals surface area contributed by atoms with E-state index < -0.39 is 0 Å². The van der Waals surface area contributed by atoms with Gasteiger partial charge in [0.05, 0.1) is 0 Å². The first-order valence-electron chi connectivity index (χ1n) is 5.98. The van der Waals surface area contributed by atoms with Crippen molar-refractivity contribution in [1.82, 2.24) is 10.3 Å². The Labute approximate surface area is 99.5 Å². The zero-order valence-corrected chi connectivity index (χ0v) is 9.65. The first kappa shape index (κ1) is 12.0. The predicted molar refractivity (Wildman–Crippen MR) is 59.1 cm³/mol. The van der Waals surface area contributed by atoms with Crippen LogP contribution in [0.1, 0.15) is 32.1 Å². The maximum atomic E-state index is 12.0. The van der Waals surface area contributed by atoms with Crippen LogP contribution in [-0.2, 0) is 14.4 Å². The van der Waals surface area contributed by atoms with Crippen LogP contribution in [-0.4, -0.2) is 29.2 Å². The summed E-state index contributed by atoms with van der Waals surface area (Å²) in [5.74, 6) is 4.33. The van der Waals surface area contributed by atoms with E-state index in [2.05, 4.69) is 0 Å². The summed E-state index contributed by atoms with van der Waals surface area (Å²) in [5.41, 5.74) is 2.00. The van der Waals surface area contributed by atoms with Crippen molar-refractivity contribution < 1.29 is 14.4 Å². The van der Waals surface area contributed by atoms with Crippen molar-refractivity contribution in [1.29, 1.82) is 0 Å². The fraction of sp³-hybridized carbons (Fsp3) is 0.727. The van der Waals surface area contributed by atoms with Crippen molar-refractivity contribution in [2.45, 2.75) is 32.1 Å². The molecule has 2 rings (SSSR count). The molecule has 2 unspecified atom stereocenters. The molecule has 2 aliphatic rings. The Hall–Kier alpha value is -1.43. The number of amides is 3. The van der Waals surface area contributed by atoms with Crippen molar-refractivity contribution in [3.8, 4) is 0 Å². The highest BCUT2D eigenvalue weighted by Gasteiger charge is 2.42. The van der Waals surface area contributed by atoms with Crippen molar-refractivity contribution in [2.24, 2.45) is 17.7 Å². The van der Waals surface area contributed by atoms with Crippen molar-refractivity contribution in [3.05, 3.63) is 0 Å². The van der Waals surface area contributed by atoms with Crippen LogP contribution in [0, 0.1) is 11.8 Å². The molecule has 3 amide bonds. The van der Waals surface area contributed by atoms with E-state index >= 15 is 0 Å². The zero-order chi connectivity index (χ0) is 12.4. The molecule has 0 aromatic carbocycles. The number of nitrogens with one attached hydrogen (secondary N) is 1. The Morgan fingerprint density at radius 1 is 1.29 bits per heavy atom. The van der Waals surface area contributed by atoms with Gasteiger partial charge in [-0.05, 0) is 19.3 Å². The molecule has 6 heteroatoms. The van der Waals surface area contributed by atoms with Gasteiger partial charge in [0, 0.05) is 24.8 Å². The predicted octanol–water partition coefficient (Wildman–Crippen LogP) is -0.458. The average Bonchev–Trinajstić information content (AvgIpc) is 2.36. The maximum absolute atomic E-state index is 12.0. The summed E-state index contributed by atoms with van der Waals surface area (Å²) in [6.07, 6.45) is 3.44. The normalized spacial score (nSPS) is 28.2. The van der Waals surface area contributed by atoms with E-state index in [1.54, 1.807) is 0 Å². The second-order valence-electron chi connectivity index (χ2n) is 4.71. The fourth-order valence-electron chi connectivity index (χ4n) is 2.69. The fourth-order valence-corrected chi connectivity index (χ4v) is 2.69. The number of hydrogen-bond donors (Lipinski definition) is 2. The minimum absolute atomic E-state index is 0.0209. The molecule has 0 aromatic heterocycles. The SMILES string of the molecule is NNC(=O)CCN1C(=O)C2CCCC(C2)C1=O. The molecule has 0 spiro atoms. The van der Waals surface area contributed by atoms with Crippen LogP contribution in [0.4, 0.5) is 0 Å². The molecular formula is C11H17N3O3. The first-order chi connectivity index (χ1) is 8.13. The molecular weight excluding hydrogens is 222 g/mol. The van der Waals surface area contributed by atoms with Crippen LogP contribution in [0.25, 0.3) is 0 Å². The van der Waals surface area contributed by atoms with Crippen LogP contribution in [0.5, 0.6) is 0 Å². The summed E-state index contributed by atoms with van der Waals surface area (Å²) in [6, 6.07) is 0. The molecule has 17 heavy (non-hydrogen) atoms. The van der Waals surface area contributed by atoms with Gasteiger partial charge < -0.3 is 0 Å². The molecule has 1 aliphatic carbocycles. The molecule has 1 aliphatic heterocycles. The van der Waals surface area contributed by atoms with Gasteiger partial charge in [-0.2, -0.15) is 0 Å². The second-order valence-corrected chi connectivity index (χ2v) is 4.71. The Morgan fingerprint density at radius 2 is 1.88 bits per heavy atom. The Kier molecular flexibility index (Phi) is 3.42. The highest BCUT2D eigenvalue weighted by atomic mass is 16.2. The smallest absolute Gasteiger partial charge is 0.235 e. The van der Waals surface area contributed by atoms with Gasteiger partial charge in [-0.1, -0.05) is 6.42 Å². The number of imide groups is 1. The molecule has 1 saturated carbocycles. The van der Waals surface area contributed by atoms with E-state index in [-0.39, 0.29) is 42.5 Å². The van der Waals surface area contributed by atoms with Gasteiger partial charge in [-0.3, -0.25) is 24.7 Å². The number of piperidine rings is 1. The van der Waals surface area contributed by atoms with Gasteiger partial charge >= 0.3 is 0 Å². The quantitative estimate of drug-likeness (QED) is 0.302. The minimum atomic E-state index is -0.360. The van der Waals surface area contributed by atoms with Gasteiger partial charge in [-0.25, -0.2) is 5.84 Å². The van der Waals surface area contributed by atoms with Crippen molar-refractivity contribution >= 4 is 17.7 Å². The van der Waals surface area contributed by atoms with E-state index in [0.29, 0.717) is 6.42 Å². The van der Waals surface area contributed by atoms with Crippen LogP contribution < -0.4 is 11.3 Å². The summed E-state index contributed by atoms with van der Waals surface area (Å²) in [4.78, 5) is 36.3. The summed E-state index contributed by atoms with van der Waals surface area (Å²) in [6.45, 7) is 0.147. The molecule has 0 radical (unpaired) electrons. The van der Waals surface area contributed by atoms with Crippen molar-refractivity contribution in [2.75, 3.05) is 6.54 Å². The number of carbonyl (C=O) groups excluding carboxylic acids is 3. The van der Waals surface area contributed by atoms with Gasteiger partial charge in [-0.15, -0.1) is 0 Å². The number of hydrazine groups is 1. The van der Waals surface area contributed by atoms with E-state index in [9.17, 15) is 14.4 Å². The largest absolute Gasteiger partial charge is 0.294 e. The van der Waals surface area contributed by atoms with Crippen LogP contribution >= 0.6 is 0 Å². The number of nitrogens with two attached hydrogens (primary N) is 1. The summed E-state index contributed by atoms with van der Waals surface area (Å²) >= 11 is 0.